The molecule has 106 valence electrons. The first-order valence-electron chi connectivity index (χ1n) is 8.57. The van der Waals surface area contributed by atoms with Crippen molar-refractivity contribution in [3.8, 4) is 0 Å². The molecule has 1 nitrogen and oxygen atoms in total. The predicted octanol–water partition coefficient (Wildman–Crippen LogP) is 4.31. The molecule has 3 fully saturated rings. The van der Waals surface area contributed by atoms with Crippen molar-refractivity contribution in [2.24, 2.45) is 29.1 Å². The van der Waals surface area contributed by atoms with Crippen LogP contribution in [-0.2, 0) is 0 Å². The van der Waals surface area contributed by atoms with Crippen LogP contribution >= 0.6 is 0 Å². The number of rotatable bonds is 0. The first kappa shape index (κ1) is 12.4. The van der Waals surface area contributed by atoms with E-state index in [1.807, 2.05) is 5.57 Å². The van der Waals surface area contributed by atoms with Crippen LogP contribution in [0.15, 0.2) is 11.6 Å². The van der Waals surface area contributed by atoms with Crippen LogP contribution in [0.1, 0.15) is 64.7 Å². The third kappa shape index (κ3) is 1.70. The standard InChI is InChI=1S/C18H28O/c1-18-11-10-14-13-5-3-2-4-12(13)6-7-15(14)16(18)8-9-17(18)19/h4,13-17,19H,2-3,5-11H2,1H3/t13-,14+,15+,16+,17+,18-/m1/s1. The van der Waals surface area contributed by atoms with Gasteiger partial charge in [-0.3, -0.25) is 0 Å². The molecule has 1 N–H and O–H groups in total. The highest BCUT2D eigenvalue weighted by Gasteiger charge is 2.55. The van der Waals surface area contributed by atoms with Gasteiger partial charge in [0.2, 0.25) is 0 Å². The Morgan fingerprint density at radius 3 is 2.89 bits per heavy atom. The van der Waals surface area contributed by atoms with Gasteiger partial charge in [0.1, 0.15) is 0 Å². The van der Waals surface area contributed by atoms with Gasteiger partial charge in [0.05, 0.1) is 6.10 Å². The lowest BCUT2D eigenvalue weighted by molar-refractivity contribution is -0.0533. The Hall–Kier alpha value is -0.300. The third-order valence-corrected chi connectivity index (χ3v) is 7.33. The highest BCUT2D eigenvalue weighted by molar-refractivity contribution is 5.18. The van der Waals surface area contributed by atoms with Crippen LogP contribution < -0.4 is 0 Å². The summed E-state index contributed by atoms with van der Waals surface area (Å²) in [5.41, 5.74) is 2.08. The van der Waals surface area contributed by atoms with Crippen molar-refractivity contribution >= 4 is 0 Å². The summed E-state index contributed by atoms with van der Waals surface area (Å²) in [5, 5.41) is 10.4. The van der Waals surface area contributed by atoms with Crippen LogP contribution in [0.4, 0.5) is 0 Å². The Kier molecular flexibility index (Phi) is 2.85. The molecule has 0 spiro atoms. The lowest BCUT2D eigenvalue weighted by atomic mass is 9.52. The van der Waals surface area contributed by atoms with Crippen LogP contribution in [0.25, 0.3) is 0 Å². The molecule has 0 amide bonds. The Labute approximate surface area is 117 Å². The topological polar surface area (TPSA) is 20.2 Å². The van der Waals surface area contributed by atoms with E-state index < -0.39 is 0 Å². The van der Waals surface area contributed by atoms with Crippen LogP contribution in [0.2, 0.25) is 0 Å². The highest BCUT2D eigenvalue weighted by Crippen LogP contribution is 2.61. The van der Waals surface area contributed by atoms with E-state index in [9.17, 15) is 5.11 Å². The molecule has 4 aliphatic rings. The van der Waals surface area contributed by atoms with E-state index in [0.29, 0.717) is 0 Å². The van der Waals surface area contributed by atoms with Crippen LogP contribution in [-0.4, -0.2) is 11.2 Å². The van der Waals surface area contributed by atoms with E-state index in [1.54, 1.807) is 0 Å². The average Bonchev–Trinajstić information content (AvgIpc) is 2.75. The number of allylic oxidation sites excluding steroid dienone is 2. The molecule has 0 saturated heterocycles. The monoisotopic (exact) mass is 260 g/mol. The van der Waals surface area contributed by atoms with Crippen molar-refractivity contribution in [1.29, 1.82) is 0 Å². The van der Waals surface area contributed by atoms with Crippen LogP contribution in [0, 0.1) is 29.1 Å². The van der Waals surface area contributed by atoms with Gasteiger partial charge in [-0.2, -0.15) is 0 Å². The minimum Gasteiger partial charge on any atom is -0.393 e. The SMILES string of the molecule is C[C@@]12CC[C@@H]3[C@H](CCC4=CCCC[C@H]43)[C@@H]1CC[C@@H]2O. The van der Waals surface area contributed by atoms with E-state index in [1.165, 1.54) is 51.4 Å². The van der Waals surface area contributed by atoms with Gasteiger partial charge in [-0.25, -0.2) is 0 Å². The van der Waals surface area contributed by atoms with E-state index in [-0.39, 0.29) is 11.5 Å². The largest absolute Gasteiger partial charge is 0.393 e. The third-order valence-electron chi connectivity index (χ3n) is 7.33. The number of hydrogen-bond acceptors (Lipinski definition) is 1. The highest BCUT2D eigenvalue weighted by atomic mass is 16.3. The van der Waals surface area contributed by atoms with Gasteiger partial charge in [0, 0.05) is 0 Å². The van der Waals surface area contributed by atoms with Crippen LogP contribution in [0.5, 0.6) is 0 Å². The van der Waals surface area contributed by atoms with Crippen molar-refractivity contribution in [1.82, 2.24) is 0 Å². The zero-order valence-electron chi connectivity index (χ0n) is 12.3. The van der Waals surface area contributed by atoms with Gasteiger partial charge >= 0.3 is 0 Å². The van der Waals surface area contributed by atoms with E-state index >= 15 is 0 Å². The van der Waals surface area contributed by atoms with Gasteiger partial charge in [-0.15, -0.1) is 0 Å². The molecular weight excluding hydrogens is 232 g/mol. The summed E-state index contributed by atoms with van der Waals surface area (Å²) < 4.78 is 0. The summed E-state index contributed by atoms with van der Waals surface area (Å²) in [6.45, 7) is 2.39. The molecule has 6 atom stereocenters. The van der Waals surface area contributed by atoms with Gasteiger partial charge < -0.3 is 5.11 Å². The number of aliphatic hydroxyl groups excluding tert-OH is 1. The average molecular weight is 260 g/mol. The van der Waals surface area contributed by atoms with Crippen molar-refractivity contribution in [2.75, 3.05) is 0 Å². The summed E-state index contributed by atoms with van der Waals surface area (Å²) in [6.07, 6.45) is 14.6. The summed E-state index contributed by atoms with van der Waals surface area (Å²) in [7, 11) is 0. The molecule has 3 saturated carbocycles. The van der Waals surface area contributed by atoms with Crippen molar-refractivity contribution in [3.05, 3.63) is 11.6 Å². The molecule has 4 aliphatic carbocycles. The smallest absolute Gasteiger partial charge is 0.0596 e. The maximum absolute atomic E-state index is 10.4. The number of hydrogen-bond donors (Lipinski definition) is 1. The zero-order chi connectivity index (χ0) is 13.0. The van der Waals surface area contributed by atoms with Crippen molar-refractivity contribution < 1.29 is 5.11 Å². The summed E-state index contributed by atoms with van der Waals surface area (Å²) >= 11 is 0. The Balaban J connectivity index is 1.63. The minimum absolute atomic E-state index is 0.0123. The Morgan fingerprint density at radius 2 is 2.00 bits per heavy atom. The molecule has 0 unspecified atom stereocenters. The second-order valence-corrected chi connectivity index (χ2v) is 7.93. The van der Waals surface area contributed by atoms with E-state index in [4.69, 9.17) is 0 Å². The van der Waals surface area contributed by atoms with Gasteiger partial charge in [-0.1, -0.05) is 18.6 Å². The maximum atomic E-state index is 10.4. The summed E-state index contributed by atoms with van der Waals surface area (Å²) in [4.78, 5) is 0. The molecule has 19 heavy (non-hydrogen) atoms. The molecule has 0 aromatic heterocycles. The Morgan fingerprint density at radius 1 is 1.11 bits per heavy atom. The van der Waals surface area contributed by atoms with Gasteiger partial charge in [0.15, 0.2) is 0 Å². The summed E-state index contributed by atoms with van der Waals surface area (Å²) in [5.74, 6) is 3.64. The number of fused-ring (bicyclic) bond motifs is 5. The molecule has 0 aromatic carbocycles. The fourth-order valence-corrected chi connectivity index (χ4v) is 6.28. The fraction of sp³-hybridized carbons (Fsp3) is 0.889. The van der Waals surface area contributed by atoms with E-state index in [0.717, 1.165) is 30.1 Å². The second kappa shape index (κ2) is 4.35. The normalized spacial score (nSPS) is 52.9. The lowest BCUT2D eigenvalue weighted by Crippen LogP contribution is -2.47. The van der Waals surface area contributed by atoms with E-state index in [2.05, 4.69) is 13.0 Å². The van der Waals surface area contributed by atoms with Gasteiger partial charge in [-0.05, 0) is 86.9 Å². The molecule has 4 rings (SSSR count). The first-order valence-corrected chi connectivity index (χ1v) is 8.57. The molecule has 1 heteroatoms. The quantitative estimate of drug-likeness (QED) is 0.643. The zero-order valence-corrected chi connectivity index (χ0v) is 12.3. The Bertz CT molecular complexity index is 398. The first-order chi connectivity index (χ1) is 9.20. The molecule has 0 radical (unpaired) electrons. The molecule has 0 bridgehead atoms. The van der Waals surface area contributed by atoms with Gasteiger partial charge in [0.25, 0.3) is 0 Å². The maximum Gasteiger partial charge on any atom is 0.0596 e. The summed E-state index contributed by atoms with van der Waals surface area (Å²) in [6, 6.07) is 0. The minimum atomic E-state index is -0.0123. The van der Waals surface area contributed by atoms with Crippen molar-refractivity contribution in [2.45, 2.75) is 70.8 Å². The number of aliphatic hydroxyl groups is 1. The predicted molar refractivity (Wildman–Crippen MR) is 77.7 cm³/mol. The lowest BCUT2D eigenvalue weighted by Gasteiger charge is -2.53. The molecule has 0 aliphatic heterocycles. The van der Waals surface area contributed by atoms with Crippen LogP contribution in [0.3, 0.4) is 0 Å². The molecular formula is C18H28O. The fourth-order valence-electron chi connectivity index (χ4n) is 6.28. The van der Waals surface area contributed by atoms with Crippen molar-refractivity contribution in [3.63, 3.8) is 0 Å². The second-order valence-electron chi connectivity index (χ2n) is 7.93. The molecule has 0 aromatic rings. The molecule has 0 heterocycles.